The Bertz CT molecular complexity index is 470. The minimum Gasteiger partial charge on any atom is -0.353 e. The van der Waals surface area contributed by atoms with Crippen molar-refractivity contribution in [1.29, 1.82) is 0 Å². The SMILES string of the molecule is CC(C)C(=O)NC1CCN(C)C(=O)C1.CCCC(=O)NC1CCCCC1.[HH].[HH]. The van der Waals surface area contributed by atoms with Crippen LogP contribution in [0.15, 0.2) is 0 Å². The third-order valence-electron chi connectivity index (χ3n) is 4.98. The fourth-order valence-corrected chi connectivity index (χ4v) is 3.21. The number of carbonyl (C=O) groups is 3. The van der Waals surface area contributed by atoms with Gasteiger partial charge < -0.3 is 15.5 Å². The molecule has 1 aliphatic carbocycles. The fraction of sp³-hybridized carbons (Fsp3) is 0.850. The third kappa shape index (κ3) is 8.68. The van der Waals surface area contributed by atoms with Gasteiger partial charge in [0.15, 0.2) is 0 Å². The molecule has 1 unspecified atom stereocenters. The van der Waals surface area contributed by atoms with E-state index in [0.29, 0.717) is 18.9 Å². The van der Waals surface area contributed by atoms with Gasteiger partial charge >= 0.3 is 0 Å². The van der Waals surface area contributed by atoms with E-state index in [4.69, 9.17) is 0 Å². The first-order chi connectivity index (χ1) is 12.3. The average Bonchev–Trinajstić information content (AvgIpc) is 2.60. The van der Waals surface area contributed by atoms with Crippen LogP contribution >= 0.6 is 0 Å². The molecular weight excluding hydrogens is 330 g/mol. The van der Waals surface area contributed by atoms with Crippen molar-refractivity contribution >= 4 is 17.7 Å². The summed E-state index contributed by atoms with van der Waals surface area (Å²) in [6, 6.07) is 0.520. The van der Waals surface area contributed by atoms with Gasteiger partial charge in [0.05, 0.1) is 0 Å². The summed E-state index contributed by atoms with van der Waals surface area (Å²) < 4.78 is 0. The molecule has 6 nitrogen and oxygen atoms in total. The van der Waals surface area contributed by atoms with Gasteiger partial charge in [0.2, 0.25) is 17.7 Å². The quantitative estimate of drug-likeness (QED) is 0.779. The average molecular weight is 372 g/mol. The highest BCUT2D eigenvalue weighted by Gasteiger charge is 2.24. The van der Waals surface area contributed by atoms with E-state index in [-0.39, 0.29) is 32.5 Å². The Hall–Kier alpha value is -1.59. The lowest BCUT2D eigenvalue weighted by molar-refractivity contribution is -0.133. The molecule has 0 radical (unpaired) electrons. The summed E-state index contributed by atoms with van der Waals surface area (Å²) in [7, 11) is 1.79. The smallest absolute Gasteiger partial charge is 0.224 e. The van der Waals surface area contributed by atoms with Crippen molar-refractivity contribution in [1.82, 2.24) is 15.5 Å². The maximum Gasteiger partial charge on any atom is 0.224 e. The Balaban J connectivity index is 0. The predicted octanol–water partition coefficient (Wildman–Crippen LogP) is 3.11. The summed E-state index contributed by atoms with van der Waals surface area (Å²) >= 11 is 0. The predicted molar refractivity (Wildman–Crippen MR) is 108 cm³/mol. The van der Waals surface area contributed by atoms with E-state index in [1.165, 1.54) is 32.1 Å². The van der Waals surface area contributed by atoms with Crippen LogP contribution in [0.5, 0.6) is 0 Å². The number of rotatable bonds is 5. The number of hydrogen-bond donors (Lipinski definition) is 2. The summed E-state index contributed by atoms with van der Waals surface area (Å²) in [5, 5.41) is 5.96. The molecule has 1 saturated carbocycles. The molecule has 1 saturated heterocycles. The summed E-state index contributed by atoms with van der Waals surface area (Å²) in [5.41, 5.74) is 0. The Morgan fingerprint density at radius 2 is 1.77 bits per heavy atom. The van der Waals surface area contributed by atoms with Crippen LogP contribution in [0.2, 0.25) is 0 Å². The maximum atomic E-state index is 11.4. The van der Waals surface area contributed by atoms with Crippen LogP contribution in [-0.4, -0.2) is 48.3 Å². The molecule has 2 fully saturated rings. The van der Waals surface area contributed by atoms with E-state index in [1.54, 1.807) is 11.9 Å². The van der Waals surface area contributed by atoms with Gasteiger partial charge in [-0.05, 0) is 25.7 Å². The number of nitrogens with zero attached hydrogens (tertiary/aromatic N) is 1. The molecule has 3 amide bonds. The van der Waals surface area contributed by atoms with Gasteiger partial charge in [-0.2, -0.15) is 0 Å². The Morgan fingerprint density at radius 3 is 2.31 bits per heavy atom. The molecule has 154 valence electrons. The van der Waals surface area contributed by atoms with Crippen molar-refractivity contribution < 1.29 is 17.2 Å². The monoisotopic (exact) mass is 371 g/mol. The zero-order valence-corrected chi connectivity index (χ0v) is 17.0. The second-order valence-electron chi connectivity index (χ2n) is 7.82. The lowest BCUT2D eigenvalue weighted by atomic mass is 9.95. The standard InChI is InChI=1S/C10H18N2O2.C10H19NO.2H2/c1-7(2)10(14)11-8-4-5-12(3)9(13)6-8;1-2-6-10(12)11-9-7-4-3-5-8-9;;/h7-8H,4-6H2,1-3H3,(H,11,14);9H,2-8H2,1H3,(H,11,12);2*1H. The number of nitrogens with one attached hydrogen (secondary N) is 2. The van der Waals surface area contributed by atoms with E-state index in [9.17, 15) is 14.4 Å². The number of amides is 3. The Morgan fingerprint density at radius 1 is 1.12 bits per heavy atom. The first-order valence-electron chi connectivity index (χ1n) is 10.2. The van der Waals surface area contributed by atoms with Crippen LogP contribution in [0, 0.1) is 5.92 Å². The molecule has 1 heterocycles. The van der Waals surface area contributed by atoms with E-state index < -0.39 is 0 Å². The highest BCUT2D eigenvalue weighted by molar-refractivity contribution is 5.81. The number of hydrogen-bond acceptors (Lipinski definition) is 3. The molecule has 1 atom stereocenters. The number of piperidine rings is 1. The summed E-state index contributed by atoms with van der Waals surface area (Å²) in [4.78, 5) is 35.6. The molecule has 2 rings (SSSR count). The van der Waals surface area contributed by atoms with Crippen LogP contribution in [0.3, 0.4) is 0 Å². The molecule has 26 heavy (non-hydrogen) atoms. The van der Waals surface area contributed by atoms with Gasteiger partial charge in [-0.3, -0.25) is 14.4 Å². The first kappa shape index (κ1) is 22.5. The van der Waals surface area contributed by atoms with Crippen molar-refractivity contribution in [3.05, 3.63) is 0 Å². The fourth-order valence-electron chi connectivity index (χ4n) is 3.21. The van der Waals surface area contributed by atoms with Crippen LogP contribution in [0.1, 0.15) is 81.4 Å². The molecule has 0 aromatic carbocycles. The van der Waals surface area contributed by atoms with E-state index in [1.807, 2.05) is 20.8 Å². The first-order valence-corrected chi connectivity index (χ1v) is 10.2. The molecule has 0 spiro atoms. The second-order valence-corrected chi connectivity index (χ2v) is 7.82. The summed E-state index contributed by atoms with van der Waals surface area (Å²) in [6.07, 6.45) is 9.25. The van der Waals surface area contributed by atoms with E-state index in [0.717, 1.165) is 19.4 Å². The van der Waals surface area contributed by atoms with Gasteiger partial charge in [0, 0.05) is 47.3 Å². The van der Waals surface area contributed by atoms with Crippen molar-refractivity contribution in [3.63, 3.8) is 0 Å². The highest BCUT2D eigenvalue weighted by Crippen LogP contribution is 2.17. The molecule has 0 aromatic heterocycles. The van der Waals surface area contributed by atoms with Gasteiger partial charge in [0.1, 0.15) is 0 Å². The second kappa shape index (κ2) is 11.9. The summed E-state index contributed by atoms with van der Waals surface area (Å²) in [6.45, 7) is 6.49. The summed E-state index contributed by atoms with van der Waals surface area (Å²) in [5.74, 6) is 0.381. The van der Waals surface area contributed by atoms with Crippen molar-refractivity contribution in [2.45, 2.75) is 90.6 Å². The highest BCUT2D eigenvalue weighted by atomic mass is 16.2. The lowest BCUT2D eigenvalue weighted by Crippen LogP contribution is -2.47. The zero-order valence-electron chi connectivity index (χ0n) is 17.0. The minimum atomic E-state index is -0.00948. The Kier molecular flexibility index (Phi) is 10.3. The van der Waals surface area contributed by atoms with Crippen molar-refractivity contribution in [2.75, 3.05) is 13.6 Å². The normalized spacial score (nSPS) is 21.0. The van der Waals surface area contributed by atoms with Crippen LogP contribution in [0.25, 0.3) is 0 Å². The molecule has 1 aliphatic heterocycles. The molecule has 0 aromatic rings. The molecule has 6 heteroatoms. The largest absolute Gasteiger partial charge is 0.353 e. The maximum absolute atomic E-state index is 11.4. The van der Waals surface area contributed by atoms with Gasteiger partial charge in [-0.15, -0.1) is 0 Å². The molecule has 2 aliphatic rings. The van der Waals surface area contributed by atoms with Crippen LogP contribution in [-0.2, 0) is 14.4 Å². The van der Waals surface area contributed by atoms with Gasteiger partial charge in [-0.25, -0.2) is 0 Å². The van der Waals surface area contributed by atoms with Crippen molar-refractivity contribution in [3.8, 4) is 0 Å². The van der Waals surface area contributed by atoms with E-state index in [2.05, 4.69) is 10.6 Å². The zero-order chi connectivity index (χ0) is 19.5. The number of likely N-dealkylation sites (tertiary alicyclic amines) is 1. The minimum absolute atomic E-state index is 0. The Labute approximate surface area is 161 Å². The van der Waals surface area contributed by atoms with E-state index >= 15 is 0 Å². The van der Waals surface area contributed by atoms with Crippen LogP contribution in [0.4, 0.5) is 0 Å². The van der Waals surface area contributed by atoms with Gasteiger partial charge in [-0.1, -0.05) is 40.0 Å². The lowest BCUT2D eigenvalue weighted by Gasteiger charge is -2.29. The third-order valence-corrected chi connectivity index (χ3v) is 4.98. The molecule has 2 N–H and O–H groups in total. The molecule has 0 bridgehead atoms. The topological polar surface area (TPSA) is 78.5 Å². The number of carbonyl (C=O) groups excluding carboxylic acids is 3. The van der Waals surface area contributed by atoms with Crippen LogP contribution < -0.4 is 10.6 Å². The van der Waals surface area contributed by atoms with Crippen molar-refractivity contribution in [2.24, 2.45) is 5.92 Å². The van der Waals surface area contributed by atoms with Gasteiger partial charge in [0.25, 0.3) is 0 Å². The molecular formula is C20H41N3O3.